The van der Waals surface area contributed by atoms with Crippen molar-refractivity contribution in [3.05, 3.63) is 18.7 Å². The number of thiocarbonyl (C=S) groups is 1. The number of nitrogens with zero attached hydrogens (tertiary/aromatic N) is 2. The van der Waals surface area contributed by atoms with Gasteiger partial charge in [-0.2, -0.15) is 0 Å². The van der Waals surface area contributed by atoms with Crippen LogP contribution < -0.4 is 10.6 Å². The lowest BCUT2D eigenvalue weighted by Gasteiger charge is -2.18. The second kappa shape index (κ2) is 6.48. The molecule has 1 unspecified atom stereocenters. The molecule has 0 radical (unpaired) electrons. The van der Waals surface area contributed by atoms with Gasteiger partial charge in [0.15, 0.2) is 5.11 Å². The molecule has 0 amide bonds. The summed E-state index contributed by atoms with van der Waals surface area (Å²) in [7, 11) is 0. The van der Waals surface area contributed by atoms with Crippen molar-refractivity contribution in [2.45, 2.75) is 33.4 Å². The fourth-order valence-electron chi connectivity index (χ4n) is 1.33. The van der Waals surface area contributed by atoms with Crippen LogP contribution in [0.2, 0.25) is 0 Å². The lowest BCUT2D eigenvalue weighted by Crippen LogP contribution is -2.43. The minimum absolute atomic E-state index is 0.293. The first kappa shape index (κ1) is 13.0. The van der Waals surface area contributed by atoms with E-state index in [4.69, 9.17) is 12.2 Å². The van der Waals surface area contributed by atoms with Crippen molar-refractivity contribution in [1.29, 1.82) is 0 Å². The van der Waals surface area contributed by atoms with Gasteiger partial charge in [0.1, 0.15) is 0 Å². The first-order chi connectivity index (χ1) is 7.58. The summed E-state index contributed by atoms with van der Waals surface area (Å²) < 4.78 is 2.03. The molecule has 1 aromatic rings. The van der Waals surface area contributed by atoms with Crippen LogP contribution in [0.15, 0.2) is 18.7 Å². The van der Waals surface area contributed by atoms with Gasteiger partial charge in [-0.1, -0.05) is 13.8 Å². The van der Waals surface area contributed by atoms with Crippen LogP contribution in [0.4, 0.5) is 0 Å². The molecule has 0 bridgehead atoms. The van der Waals surface area contributed by atoms with Gasteiger partial charge >= 0.3 is 0 Å². The Kier molecular flexibility index (Phi) is 5.25. The van der Waals surface area contributed by atoms with Gasteiger partial charge in [0.05, 0.1) is 6.33 Å². The van der Waals surface area contributed by atoms with Crippen molar-refractivity contribution >= 4 is 17.3 Å². The summed E-state index contributed by atoms with van der Waals surface area (Å²) in [5.74, 6) is 0.601. The Morgan fingerprint density at radius 3 is 2.75 bits per heavy atom. The molecule has 0 aliphatic heterocycles. The van der Waals surface area contributed by atoms with Crippen LogP contribution in [0, 0.1) is 5.92 Å². The summed E-state index contributed by atoms with van der Waals surface area (Å²) in [6.07, 6.45) is 5.54. The topological polar surface area (TPSA) is 41.9 Å². The predicted molar refractivity (Wildman–Crippen MR) is 70.3 cm³/mol. The molecular weight excluding hydrogens is 220 g/mol. The fraction of sp³-hybridized carbons (Fsp3) is 0.636. The van der Waals surface area contributed by atoms with Crippen molar-refractivity contribution < 1.29 is 0 Å². The predicted octanol–water partition coefficient (Wildman–Crippen LogP) is 1.39. The summed E-state index contributed by atoms with van der Waals surface area (Å²) in [4.78, 5) is 4.00. The molecule has 1 aromatic heterocycles. The van der Waals surface area contributed by atoms with E-state index in [0.29, 0.717) is 12.0 Å². The highest BCUT2D eigenvalue weighted by Crippen LogP contribution is 1.92. The molecule has 4 nitrogen and oxygen atoms in total. The third kappa shape index (κ3) is 5.11. The van der Waals surface area contributed by atoms with Crippen LogP contribution in [0.25, 0.3) is 0 Å². The largest absolute Gasteiger partial charge is 0.362 e. The number of nitrogens with one attached hydrogen (secondary N) is 2. The van der Waals surface area contributed by atoms with Crippen molar-refractivity contribution in [1.82, 2.24) is 20.2 Å². The molecule has 2 N–H and O–H groups in total. The van der Waals surface area contributed by atoms with Crippen molar-refractivity contribution in [2.24, 2.45) is 5.92 Å². The van der Waals surface area contributed by atoms with Gasteiger partial charge in [-0.25, -0.2) is 4.98 Å². The highest BCUT2D eigenvalue weighted by Gasteiger charge is 2.04. The smallest absolute Gasteiger partial charge is 0.166 e. The SMILES string of the molecule is CC(C)CNC(=S)NC(C)Cn1ccnc1. The minimum Gasteiger partial charge on any atom is -0.362 e. The Morgan fingerprint density at radius 2 is 2.19 bits per heavy atom. The normalized spacial score (nSPS) is 12.5. The van der Waals surface area contributed by atoms with E-state index in [1.165, 1.54) is 0 Å². The Balaban J connectivity index is 2.23. The molecule has 0 fully saturated rings. The van der Waals surface area contributed by atoms with Gasteiger partial charge in [-0.3, -0.25) is 0 Å². The summed E-state index contributed by atoms with van der Waals surface area (Å²) in [6.45, 7) is 8.19. The van der Waals surface area contributed by atoms with Crippen LogP contribution in [0.1, 0.15) is 20.8 Å². The minimum atomic E-state index is 0.293. The third-order valence-corrected chi connectivity index (χ3v) is 2.35. The van der Waals surface area contributed by atoms with Crippen LogP contribution in [0.5, 0.6) is 0 Å². The van der Waals surface area contributed by atoms with Crippen molar-refractivity contribution in [3.63, 3.8) is 0 Å². The standard InChI is InChI=1S/C11H20N4S/c1-9(2)6-13-11(16)14-10(3)7-15-5-4-12-8-15/h4-5,8-10H,6-7H2,1-3H3,(H2,13,14,16). The zero-order chi connectivity index (χ0) is 12.0. The Morgan fingerprint density at radius 1 is 1.44 bits per heavy atom. The van der Waals surface area contributed by atoms with E-state index in [1.807, 2.05) is 17.1 Å². The van der Waals surface area contributed by atoms with E-state index in [-0.39, 0.29) is 0 Å². The first-order valence-corrected chi connectivity index (χ1v) is 5.99. The number of aromatic nitrogens is 2. The second-order valence-electron chi connectivity index (χ2n) is 4.41. The van der Waals surface area contributed by atoms with E-state index in [9.17, 15) is 0 Å². The molecule has 1 rings (SSSR count). The molecule has 16 heavy (non-hydrogen) atoms. The molecule has 0 saturated carbocycles. The van der Waals surface area contributed by atoms with Crippen molar-refractivity contribution in [2.75, 3.05) is 6.54 Å². The molecule has 1 heterocycles. The van der Waals surface area contributed by atoms with E-state index in [1.54, 1.807) is 6.20 Å². The maximum absolute atomic E-state index is 5.20. The lowest BCUT2D eigenvalue weighted by atomic mass is 10.2. The molecule has 1 atom stereocenters. The van der Waals surface area contributed by atoms with Crippen LogP contribution in [-0.2, 0) is 6.54 Å². The summed E-state index contributed by atoms with van der Waals surface area (Å²) in [5.41, 5.74) is 0. The van der Waals surface area contributed by atoms with E-state index in [0.717, 1.165) is 18.2 Å². The average molecular weight is 240 g/mol. The Bertz CT molecular complexity index is 308. The number of rotatable bonds is 5. The monoisotopic (exact) mass is 240 g/mol. The first-order valence-electron chi connectivity index (χ1n) is 5.58. The van der Waals surface area contributed by atoms with Gasteiger partial charge in [-0.05, 0) is 25.1 Å². The summed E-state index contributed by atoms with van der Waals surface area (Å²) >= 11 is 5.20. The molecule has 0 spiro atoms. The number of hydrogen-bond acceptors (Lipinski definition) is 2. The highest BCUT2D eigenvalue weighted by atomic mass is 32.1. The molecule has 90 valence electrons. The van der Waals surface area contributed by atoms with Gasteiger partial charge in [0.2, 0.25) is 0 Å². The average Bonchev–Trinajstić information content (AvgIpc) is 2.67. The zero-order valence-electron chi connectivity index (χ0n) is 10.1. The lowest BCUT2D eigenvalue weighted by molar-refractivity contribution is 0.536. The van der Waals surface area contributed by atoms with Crippen LogP contribution in [-0.4, -0.2) is 27.3 Å². The maximum atomic E-state index is 5.20. The fourth-order valence-corrected chi connectivity index (χ4v) is 1.61. The molecule has 0 aliphatic carbocycles. The Hall–Kier alpha value is -1.10. The number of hydrogen-bond donors (Lipinski definition) is 2. The number of imidazole rings is 1. The summed E-state index contributed by atoms with van der Waals surface area (Å²) in [6, 6.07) is 0.293. The second-order valence-corrected chi connectivity index (χ2v) is 4.82. The van der Waals surface area contributed by atoms with Crippen LogP contribution in [0.3, 0.4) is 0 Å². The molecular formula is C11H20N4S. The Labute approximate surface area is 102 Å². The quantitative estimate of drug-likeness (QED) is 0.763. The highest BCUT2D eigenvalue weighted by molar-refractivity contribution is 7.80. The van der Waals surface area contributed by atoms with E-state index in [2.05, 4.69) is 36.4 Å². The van der Waals surface area contributed by atoms with Crippen LogP contribution >= 0.6 is 12.2 Å². The van der Waals surface area contributed by atoms with Gasteiger partial charge in [0.25, 0.3) is 0 Å². The molecule has 5 heteroatoms. The third-order valence-electron chi connectivity index (χ3n) is 2.09. The van der Waals surface area contributed by atoms with E-state index < -0.39 is 0 Å². The van der Waals surface area contributed by atoms with E-state index >= 15 is 0 Å². The van der Waals surface area contributed by atoms with Gasteiger partial charge in [-0.15, -0.1) is 0 Å². The van der Waals surface area contributed by atoms with Gasteiger partial charge in [0, 0.05) is 31.5 Å². The molecule has 0 aromatic carbocycles. The molecule has 0 saturated heterocycles. The molecule has 0 aliphatic rings. The maximum Gasteiger partial charge on any atom is 0.166 e. The van der Waals surface area contributed by atoms with Crippen molar-refractivity contribution in [3.8, 4) is 0 Å². The zero-order valence-corrected chi connectivity index (χ0v) is 10.9. The van der Waals surface area contributed by atoms with Gasteiger partial charge < -0.3 is 15.2 Å². The summed E-state index contributed by atoms with van der Waals surface area (Å²) in [5, 5.41) is 7.16.